The van der Waals surface area contributed by atoms with E-state index in [2.05, 4.69) is 20.0 Å². The van der Waals surface area contributed by atoms with Crippen molar-refractivity contribution in [3.8, 4) is 23.1 Å². The Labute approximate surface area is 270 Å². The lowest BCUT2D eigenvalue weighted by Gasteiger charge is -2.41. The zero-order chi connectivity index (χ0) is 32.5. The smallest absolute Gasteiger partial charge is 0.255 e. The molecule has 1 unspecified atom stereocenters. The number of para-hydroxylation sites is 1. The third kappa shape index (κ3) is 5.25. The first kappa shape index (κ1) is 30.0. The molecule has 242 valence electrons. The van der Waals surface area contributed by atoms with Gasteiger partial charge >= 0.3 is 0 Å². The molecule has 47 heavy (non-hydrogen) atoms. The van der Waals surface area contributed by atoms with Crippen LogP contribution in [0.25, 0.3) is 28.3 Å². The highest BCUT2D eigenvalue weighted by atomic mass is 16.5. The maximum Gasteiger partial charge on any atom is 0.255 e. The van der Waals surface area contributed by atoms with Crippen LogP contribution in [-0.4, -0.2) is 93.8 Å². The second kappa shape index (κ2) is 12.3. The Morgan fingerprint density at radius 3 is 2.47 bits per heavy atom. The van der Waals surface area contributed by atoms with Gasteiger partial charge in [-0.1, -0.05) is 18.2 Å². The van der Waals surface area contributed by atoms with Gasteiger partial charge in [-0.3, -0.25) is 4.79 Å². The number of amides is 1. The second-order valence-corrected chi connectivity index (χ2v) is 11.3. The SMILES string of the molecule is COCCOc1ccc(N2CCN(C(=O)C(C)(c3ccccc3OC)n3ncc4c3nc(N)n3nc(-c5ccco5)nc43)CC2)cc1. The van der Waals surface area contributed by atoms with Crippen LogP contribution < -0.4 is 20.1 Å². The van der Waals surface area contributed by atoms with Crippen LogP contribution in [0.5, 0.6) is 11.5 Å². The molecular formula is C33H35N9O5. The molecule has 1 fully saturated rings. The van der Waals surface area contributed by atoms with E-state index in [1.165, 1.54) is 4.52 Å². The van der Waals surface area contributed by atoms with Crippen LogP contribution in [0.1, 0.15) is 12.5 Å². The molecular weight excluding hydrogens is 602 g/mol. The standard InChI is InChI=1S/C33H35N9O5/c1-33(25-7-4-5-8-26(25)45-3,31(43)40-16-14-39(15-17-40)22-10-12-23(13-11-22)46-20-19-44-2)42-30-24(21-35-42)29-36-28(27-9-6-18-47-27)38-41(29)32(34)37-30/h4-13,18,21H,14-17,19-20H2,1-3H3,(H2,34,37). The number of nitrogen functional groups attached to an aromatic ring is 1. The van der Waals surface area contributed by atoms with Crippen molar-refractivity contribution >= 4 is 34.2 Å². The predicted octanol–water partition coefficient (Wildman–Crippen LogP) is 3.46. The van der Waals surface area contributed by atoms with Crippen LogP contribution in [0.4, 0.5) is 11.6 Å². The minimum absolute atomic E-state index is 0.0955. The summed E-state index contributed by atoms with van der Waals surface area (Å²) in [4.78, 5) is 28.3. The lowest BCUT2D eigenvalue weighted by Crippen LogP contribution is -2.56. The number of nitrogens with zero attached hydrogens (tertiary/aromatic N) is 8. The Kier molecular flexibility index (Phi) is 7.85. The molecule has 0 saturated carbocycles. The molecule has 4 aromatic heterocycles. The fraction of sp³-hybridized carbons (Fsp3) is 0.303. The van der Waals surface area contributed by atoms with E-state index in [1.54, 1.807) is 43.5 Å². The number of hydrogen-bond acceptors (Lipinski definition) is 11. The largest absolute Gasteiger partial charge is 0.496 e. The number of benzene rings is 2. The molecule has 1 aliphatic heterocycles. The van der Waals surface area contributed by atoms with Gasteiger partial charge < -0.3 is 34.2 Å². The van der Waals surface area contributed by atoms with Gasteiger partial charge in [0.15, 0.2) is 22.6 Å². The van der Waals surface area contributed by atoms with E-state index in [4.69, 9.17) is 29.5 Å². The molecule has 0 radical (unpaired) electrons. The molecule has 6 aromatic rings. The highest BCUT2D eigenvalue weighted by molar-refractivity contribution is 5.94. The molecule has 5 heterocycles. The Balaban J connectivity index is 1.23. The third-order valence-corrected chi connectivity index (χ3v) is 8.57. The van der Waals surface area contributed by atoms with Crippen LogP contribution >= 0.6 is 0 Å². The van der Waals surface area contributed by atoms with Crippen LogP contribution in [0, 0.1) is 0 Å². The fourth-order valence-corrected chi connectivity index (χ4v) is 6.09. The molecule has 1 aliphatic rings. The number of nitrogens with two attached hydrogens (primary N) is 1. The molecule has 0 aliphatic carbocycles. The van der Waals surface area contributed by atoms with Crippen LogP contribution in [0.3, 0.4) is 0 Å². The maximum absolute atomic E-state index is 14.8. The normalized spacial score (nSPS) is 14.9. The van der Waals surface area contributed by atoms with E-state index in [1.807, 2.05) is 60.4 Å². The minimum atomic E-state index is -1.35. The first-order valence-corrected chi connectivity index (χ1v) is 15.3. The summed E-state index contributed by atoms with van der Waals surface area (Å²) < 4.78 is 25.1. The summed E-state index contributed by atoms with van der Waals surface area (Å²) in [6, 6.07) is 19.0. The summed E-state index contributed by atoms with van der Waals surface area (Å²) in [6.07, 6.45) is 3.19. The van der Waals surface area contributed by atoms with Gasteiger partial charge in [-0.25, -0.2) is 9.67 Å². The number of ether oxygens (including phenoxy) is 3. The Hall–Kier alpha value is -5.63. The number of carbonyl (C=O) groups excluding carboxylic acids is 1. The van der Waals surface area contributed by atoms with Crippen molar-refractivity contribution in [3.63, 3.8) is 0 Å². The molecule has 1 atom stereocenters. The average molecular weight is 638 g/mol. The van der Waals surface area contributed by atoms with Crippen molar-refractivity contribution in [1.82, 2.24) is 34.3 Å². The van der Waals surface area contributed by atoms with Gasteiger partial charge in [0.2, 0.25) is 11.8 Å². The van der Waals surface area contributed by atoms with Crippen LogP contribution in [0.2, 0.25) is 0 Å². The van der Waals surface area contributed by atoms with E-state index in [-0.39, 0.29) is 11.9 Å². The number of hydrogen-bond donors (Lipinski definition) is 1. The monoisotopic (exact) mass is 637 g/mol. The molecule has 1 saturated heterocycles. The lowest BCUT2D eigenvalue weighted by atomic mass is 9.89. The fourth-order valence-electron chi connectivity index (χ4n) is 6.09. The van der Waals surface area contributed by atoms with Gasteiger partial charge in [0.25, 0.3) is 5.91 Å². The zero-order valence-corrected chi connectivity index (χ0v) is 26.4. The number of fused-ring (bicyclic) bond motifs is 3. The summed E-state index contributed by atoms with van der Waals surface area (Å²) in [5, 5.41) is 9.84. The summed E-state index contributed by atoms with van der Waals surface area (Å²) in [5.41, 5.74) is 7.62. The molecule has 2 N–H and O–H groups in total. The predicted molar refractivity (Wildman–Crippen MR) is 175 cm³/mol. The Morgan fingerprint density at radius 2 is 1.74 bits per heavy atom. The lowest BCUT2D eigenvalue weighted by molar-refractivity contribution is -0.138. The topological polar surface area (TPSA) is 151 Å². The van der Waals surface area contributed by atoms with Crippen molar-refractivity contribution in [3.05, 3.63) is 78.7 Å². The number of furan rings is 1. The Morgan fingerprint density at radius 1 is 0.957 bits per heavy atom. The van der Waals surface area contributed by atoms with E-state index in [0.717, 1.165) is 11.4 Å². The van der Waals surface area contributed by atoms with Crippen LogP contribution in [0.15, 0.2) is 77.5 Å². The zero-order valence-electron chi connectivity index (χ0n) is 26.4. The quantitative estimate of drug-likeness (QED) is 0.220. The molecule has 2 aromatic carbocycles. The highest BCUT2D eigenvalue weighted by Crippen LogP contribution is 2.38. The first-order valence-electron chi connectivity index (χ1n) is 15.3. The van der Waals surface area contributed by atoms with Crippen molar-refractivity contribution in [2.75, 3.05) is 64.2 Å². The number of rotatable bonds is 10. The summed E-state index contributed by atoms with van der Waals surface area (Å²) >= 11 is 0. The van der Waals surface area contributed by atoms with Crippen molar-refractivity contribution < 1.29 is 23.4 Å². The second-order valence-electron chi connectivity index (χ2n) is 11.3. The molecule has 1 amide bonds. The van der Waals surface area contributed by atoms with Crippen molar-refractivity contribution in [2.45, 2.75) is 12.5 Å². The highest BCUT2D eigenvalue weighted by Gasteiger charge is 2.45. The summed E-state index contributed by atoms with van der Waals surface area (Å²) in [5.74, 6) is 2.14. The van der Waals surface area contributed by atoms with E-state index >= 15 is 0 Å². The number of methoxy groups -OCH3 is 2. The average Bonchev–Trinajstić information content (AvgIpc) is 3.89. The summed E-state index contributed by atoms with van der Waals surface area (Å²) in [6.45, 7) is 5.17. The van der Waals surface area contributed by atoms with Crippen LogP contribution in [-0.2, 0) is 15.1 Å². The molecule has 7 rings (SSSR count). The van der Waals surface area contributed by atoms with E-state index in [9.17, 15) is 4.79 Å². The van der Waals surface area contributed by atoms with Gasteiger partial charge in [0, 0.05) is 44.5 Å². The van der Waals surface area contributed by atoms with Gasteiger partial charge in [-0.15, -0.1) is 5.10 Å². The van der Waals surface area contributed by atoms with Gasteiger partial charge in [0.05, 0.1) is 31.6 Å². The molecule has 0 bridgehead atoms. The van der Waals surface area contributed by atoms with Gasteiger partial charge in [0.1, 0.15) is 18.1 Å². The first-order chi connectivity index (χ1) is 22.9. The molecule has 14 nitrogen and oxygen atoms in total. The number of carbonyl (C=O) groups is 1. The van der Waals surface area contributed by atoms with E-state index < -0.39 is 5.54 Å². The number of anilines is 2. The molecule has 0 spiro atoms. The van der Waals surface area contributed by atoms with Gasteiger partial charge in [-0.05, 0) is 49.4 Å². The molecule has 14 heteroatoms. The number of piperazine rings is 1. The summed E-state index contributed by atoms with van der Waals surface area (Å²) in [7, 11) is 3.23. The maximum atomic E-state index is 14.8. The van der Waals surface area contributed by atoms with E-state index in [0.29, 0.717) is 79.0 Å². The Bertz CT molecular complexity index is 2010. The van der Waals surface area contributed by atoms with Crippen molar-refractivity contribution in [1.29, 1.82) is 0 Å². The van der Waals surface area contributed by atoms with Crippen molar-refractivity contribution in [2.24, 2.45) is 0 Å². The van der Waals surface area contributed by atoms with Gasteiger partial charge in [-0.2, -0.15) is 14.6 Å². The number of aromatic nitrogens is 6. The minimum Gasteiger partial charge on any atom is -0.496 e. The third-order valence-electron chi connectivity index (χ3n) is 8.57.